The molecule has 2 aromatic carbocycles. The average molecular weight is 469 g/mol. The Hall–Kier alpha value is -3.30. The van der Waals surface area contributed by atoms with E-state index in [1.165, 1.54) is 16.4 Å². The molecule has 0 aliphatic carbocycles. The lowest BCUT2D eigenvalue weighted by molar-refractivity contribution is -0.119. The number of sulfonamides is 1. The van der Waals surface area contributed by atoms with Gasteiger partial charge >= 0.3 is 0 Å². The third-order valence-electron chi connectivity index (χ3n) is 5.42. The zero-order chi connectivity index (χ0) is 24.2. The maximum Gasteiger partial charge on any atom is 0.267 e. The van der Waals surface area contributed by atoms with Gasteiger partial charge in [0.2, 0.25) is 15.9 Å². The van der Waals surface area contributed by atoms with Crippen LogP contribution < -0.4 is 10.9 Å². The molecule has 0 bridgehead atoms. The fourth-order valence-electron chi connectivity index (χ4n) is 3.48. The minimum atomic E-state index is -3.67. The first-order valence-corrected chi connectivity index (χ1v) is 12.2. The summed E-state index contributed by atoms with van der Waals surface area (Å²) in [6.45, 7) is 7.63. The minimum absolute atomic E-state index is 0.193. The van der Waals surface area contributed by atoms with E-state index in [1.807, 2.05) is 6.07 Å². The SMILES string of the molecule is CCN(CC)S(=O)(=O)c1cc(-c2ccc(=O)n(C(C)C(=O)Nc3ccccc3)n2)ccc1C. The Morgan fingerprint density at radius 1 is 1.06 bits per heavy atom. The molecule has 0 saturated heterocycles. The van der Waals surface area contributed by atoms with Crippen LogP contribution in [0.2, 0.25) is 0 Å². The Labute approximate surface area is 193 Å². The van der Waals surface area contributed by atoms with Gasteiger partial charge in [-0.1, -0.05) is 44.2 Å². The second kappa shape index (κ2) is 10.1. The van der Waals surface area contributed by atoms with Gasteiger partial charge in [-0.3, -0.25) is 9.59 Å². The first kappa shape index (κ1) is 24.3. The van der Waals surface area contributed by atoms with E-state index in [-0.39, 0.29) is 10.8 Å². The summed E-state index contributed by atoms with van der Waals surface area (Å²) in [5, 5.41) is 7.14. The number of nitrogens with zero attached hydrogens (tertiary/aromatic N) is 3. The zero-order valence-electron chi connectivity index (χ0n) is 19.1. The quantitative estimate of drug-likeness (QED) is 0.546. The number of hydrogen-bond donors (Lipinski definition) is 1. The highest BCUT2D eigenvalue weighted by Gasteiger charge is 2.24. The van der Waals surface area contributed by atoms with Crippen molar-refractivity contribution in [1.29, 1.82) is 0 Å². The third kappa shape index (κ3) is 5.20. The predicted molar refractivity (Wildman–Crippen MR) is 129 cm³/mol. The van der Waals surface area contributed by atoms with Gasteiger partial charge < -0.3 is 5.32 Å². The normalized spacial score (nSPS) is 12.5. The molecular formula is C24H28N4O4S. The van der Waals surface area contributed by atoms with Crippen molar-refractivity contribution in [3.05, 3.63) is 76.6 Å². The fourth-order valence-corrected chi connectivity index (χ4v) is 5.18. The van der Waals surface area contributed by atoms with Crippen molar-refractivity contribution in [1.82, 2.24) is 14.1 Å². The molecule has 174 valence electrons. The van der Waals surface area contributed by atoms with Crippen LogP contribution in [0.25, 0.3) is 11.3 Å². The number of carbonyl (C=O) groups excluding carboxylic acids is 1. The summed E-state index contributed by atoms with van der Waals surface area (Å²) < 4.78 is 28.7. The summed E-state index contributed by atoms with van der Waals surface area (Å²) in [5.74, 6) is -0.387. The highest BCUT2D eigenvalue weighted by atomic mass is 32.2. The molecule has 1 aromatic heterocycles. The topological polar surface area (TPSA) is 101 Å². The molecule has 8 nitrogen and oxygen atoms in total. The summed E-state index contributed by atoms with van der Waals surface area (Å²) in [6, 6.07) is 16.0. The van der Waals surface area contributed by atoms with Crippen LogP contribution in [0.3, 0.4) is 0 Å². The second-order valence-corrected chi connectivity index (χ2v) is 9.51. The molecule has 0 aliphatic rings. The zero-order valence-corrected chi connectivity index (χ0v) is 20.0. The van der Waals surface area contributed by atoms with E-state index in [4.69, 9.17) is 0 Å². The Morgan fingerprint density at radius 3 is 2.36 bits per heavy atom. The number of anilines is 1. The molecular weight excluding hydrogens is 440 g/mol. The Balaban J connectivity index is 1.98. The van der Waals surface area contributed by atoms with Crippen molar-refractivity contribution >= 4 is 21.6 Å². The van der Waals surface area contributed by atoms with E-state index in [9.17, 15) is 18.0 Å². The van der Waals surface area contributed by atoms with Crippen molar-refractivity contribution in [2.45, 2.75) is 38.6 Å². The number of benzene rings is 2. The number of para-hydroxylation sites is 1. The van der Waals surface area contributed by atoms with Crippen LogP contribution in [0, 0.1) is 6.92 Å². The van der Waals surface area contributed by atoms with Gasteiger partial charge in [-0.15, -0.1) is 0 Å². The number of aryl methyl sites for hydroxylation is 1. The molecule has 0 radical (unpaired) electrons. The molecule has 0 fully saturated rings. The highest BCUT2D eigenvalue weighted by Crippen LogP contribution is 2.26. The van der Waals surface area contributed by atoms with Crippen LogP contribution in [0.4, 0.5) is 5.69 Å². The van der Waals surface area contributed by atoms with Gasteiger partial charge in [-0.05, 0) is 43.7 Å². The maximum atomic E-state index is 13.1. The van der Waals surface area contributed by atoms with E-state index >= 15 is 0 Å². The molecule has 3 rings (SSSR count). The van der Waals surface area contributed by atoms with Crippen LogP contribution in [0.5, 0.6) is 0 Å². The second-order valence-electron chi connectivity index (χ2n) is 7.60. The van der Waals surface area contributed by atoms with Crippen LogP contribution in [0.1, 0.15) is 32.4 Å². The summed E-state index contributed by atoms with van der Waals surface area (Å²) in [7, 11) is -3.67. The largest absolute Gasteiger partial charge is 0.324 e. The van der Waals surface area contributed by atoms with Gasteiger partial charge in [-0.2, -0.15) is 9.40 Å². The van der Waals surface area contributed by atoms with Crippen molar-refractivity contribution in [2.75, 3.05) is 18.4 Å². The van der Waals surface area contributed by atoms with Crippen molar-refractivity contribution in [2.24, 2.45) is 0 Å². The van der Waals surface area contributed by atoms with Gasteiger partial charge in [-0.25, -0.2) is 13.1 Å². The highest BCUT2D eigenvalue weighted by molar-refractivity contribution is 7.89. The summed E-state index contributed by atoms with van der Waals surface area (Å²) in [4.78, 5) is 25.3. The van der Waals surface area contributed by atoms with Crippen molar-refractivity contribution < 1.29 is 13.2 Å². The molecule has 1 amide bonds. The predicted octanol–water partition coefficient (Wildman–Crippen LogP) is 3.45. The summed E-state index contributed by atoms with van der Waals surface area (Å²) in [6.07, 6.45) is 0. The van der Waals surface area contributed by atoms with Crippen LogP contribution in [-0.2, 0) is 14.8 Å². The van der Waals surface area contributed by atoms with Gasteiger partial charge in [0, 0.05) is 30.4 Å². The Kier molecular flexibility index (Phi) is 7.45. The van der Waals surface area contributed by atoms with Crippen LogP contribution in [-0.4, -0.2) is 41.5 Å². The fraction of sp³-hybridized carbons (Fsp3) is 0.292. The molecule has 1 heterocycles. The van der Waals surface area contributed by atoms with E-state index in [0.29, 0.717) is 35.6 Å². The number of rotatable bonds is 8. The molecule has 33 heavy (non-hydrogen) atoms. The molecule has 1 unspecified atom stereocenters. The third-order valence-corrected chi connectivity index (χ3v) is 7.61. The van der Waals surface area contributed by atoms with Crippen molar-refractivity contribution in [3.63, 3.8) is 0 Å². The molecule has 0 spiro atoms. The molecule has 1 atom stereocenters. The number of amides is 1. The molecule has 1 N–H and O–H groups in total. The number of aromatic nitrogens is 2. The first-order chi connectivity index (χ1) is 15.7. The van der Waals surface area contributed by atoms with Gasteiger partial charge in [0.15, 0.2) is 0 Å². The average Bonchev–Trinajstić information content (AvgIpc) is 2.80. The standard InChI is InChI=1S/C24H28N4O4S/c1-5-27(6-2)33(31,32)22-16-19(13-12-17(22)3)21-14-15-23(29)28(26-21)18(4)24(30)25-20-10-8-7-9-11-20/h7-16,18H,5-6H2,1-4H3,(H,25,30). The number of nitrogens with one attached hydrogen (secondary N) is 1. The lowest BCUT2D eigenvalue weighted by Crippen LogP contribution is -2.33. The lowest BCUT2D eigenvalue weighted by Gasteiger charge is -2.20. The minimum Gasteiger partial charge on any atom is -0.324 e. The summed E-state index contributed by atoms with van der Waals surface area (Å²) in [5.41, 5.74) is 1.73. The molecule has 0 aliphatic heterocycles. The Bertz CT molecular complexity index is 1300. The molecule has 3 aromatic rings. The smallest absolute Gasteiger partial charge is 0.267 e. The summed E-state index contributed by atoms with van der Waals surface area (Å²) >= 11 is 0. The van der Waals surface area contributed by atoms with Crippen molar-refractivity contribution in [3.8, 4) is 11.3 Å². The van der Waals surface area contributed by atoms with Gasteiger partial charge in [0.25, 0.3) is 5.56 Å². The van der Waals surface area contributed by atoms with E-state index in [2.05, 4.69) is 10.4 Å². The van der Waals surface area contributed by atoms with Crippen LogP contribution >= 0.6 is 0 Å². The van der Waals surface area contributed by atoms with Gasteiger partial charge in [0.1, 0.15) is 6.04 Å². The number of carbonyl (C=O) groups is 1. The molecule has 0 saturated carbocycles. The monoisotopic (exact) mass is 468 g/mol. The van der Waals surface area contributed by atoms with E-state index in [1.54, 1.807) is 70.2 Å². The maximum absolute atomic E-state index is 13.1. The van der Waals surface area contributed by atoms with E-state index in [0.717, 1.165) is 4.68 Å². The molecule has 9 heteroatoms. The Morgan fingerprint density at radius 2 is 1.73 bits per heavy atom. The lowest BCUT2D eigenvalue weighted by atomic mass is 10.1. The first-order valence-electron chi connectivity index (χ1n) is 10.8. The van der Waals surface area contributed by atoms with Crippen LogP contribution in [0.15, 0.2) is 70.4 Å². The van der Waals surface area contributed by atoms with Gasteiger partial charge in [0.05, 0.1) is 10.6 Å². The van der Waals surface area contributed by atoms with E-state index < -0.39 is 21.6 Å². The number of hydrogen-bond acceptors (Lipinski definition) is 5.